The first kappa shape index (κ1) is 9.36. The van der Waals surface area contributed by atoms with Crippen LogP contribution in [0.5, 0.6) is 0 Å². The van der Waals surface area contributed by atoms with Gasteiger partial charge in [-0.1, -0.05) is 13.8 Å². The lowest BCUT2D eigenvalue weighted by Gasteiger charge is -2.11. The van der Waals surface area contributed by atoms with Gasteiger partial charge in [-0.3, -0.25) is 10.1 Å². The zero-order valence-corrected chi connectivity index (χ0v) is 6.28. The maximum atomic E-state index is 9.92. The fourth-order valence-electron chi connectivity index (χ4n) is 0.759. The summed E-state index contributed by atoms with van der Waals surface area (Å²) in [5.41, 5.74) is 0. The van der Waals surface area contributed by atoms with Crippen LogP contribution in [0.3, 0.4) is 0 Å². The van der Waals surface area contributed by atoms with E-state index in [1.54, 1.807) is 13.8 Å². The summed E-state index contributed by atoms with van der Waals surface area (Å²) >= 11 is 0. The average Bonchev–Trinajstić information content (AvgIpc) is 1.85. The van der Waals surface area contributed by atoms with E-state index in [-0.39, 0.29) is 12.5 Å². The molecule has 0 heterocycles. The molecular formula is C6H13NO3. The molecule has 0 spiro atoms. The molecule has 2 unspecified atom stereocenters. The van der Waals surface area contributed by atoms with E-state index in [9.17, 15) is 10.1 Å². The largest absolute Gasteiger partial charge is 0.393 e. The molecule has 0 saturated heterocycles. The summed E-state index contributed by atoms with van der Waals surface area (Å²) in [6.45, 7) is 3.34. The molecule has 0 amide bonds. The van der Waals surface area contributed by atoms with Crippen molar-refractivity contribution in [3.8, 4) is 0 Å². The lowest BCUT2D eigenvalue weighted by Crippen LogP contribution is -2.23. The van der Waals surface area contributed by atoms with Gasteiger partial charge in [0.15, 0.2) is 0 Å². The Balaban J connectivity index is 3.61. The highest BCUT2D eigenvalue weighted by Crippen LogP contribution is 2.05. The van der Waals surface area contributed by atoms with Crippen molar-refractivity contribution in [2.75, 3.05) is 6.54 Å². The van der Waals surface area contributed by atoms with Gasteiger partial charge in [-0.2, -0.15) is 0 Å². The van der Waals surface area contributed by atoms with Crippen molar-refractivity contribution >= 4 is 0 Å². The molecular weight excluding hydrogens is 134 g/mol. The highest BCUT2D eigenvalue weighted by Gasteiger charge is 2.16. The Morgan fingerprint density at radius 3 is 2.50 bits per heavy atom. The second kappa shape index (κ2) is 4.22. The maximum Gasteiger partial charge on any atom is 0.208 e. The van der Waals surface area contributed by atoms with Gasteiger partial charge in [0.25, 0.3) is 0 Å². The fourth-order valence-corrected chi connectivity index (χ4v) is 0.759. The molecule has 0 aromatic heterocycles. The molecule has 0 aliphatic rings. The number of nitro groups is 1. The van der Waals surface area contributed by atoms with Gasteiger partial charge in [0.1, 0.15) is 0 Å². The smallest absolute Gasteiger partial charge is 0.208 e. The van der Waals surface area contributed by atoms with E-state index < -0.39 is 11.0 Å². The van der Waals surface area contributed by atoms with E-state index in [1.165, 1.54) is 0 Å². The normalized spacial score (nSPS) is 16.3. The molecule has 0 bridgehead atoms. The van der Waals surface area contributed by atoms with Gasteiger partial charge in [0, 0.05) is 10.8 Å². The van der Waals surface area contributed by atoms with Crippen LogP contribution in [0.4, 0.5) is 0 Å². The van der Waals surface area contributed by atoms with Crippen molar-refractivity contribution in [3.63, 3.8) is 0 Å². The Morgan fingerprint density at radius 2 is 2.20 bits per heavy atom. The summed E-state index contributed by atoms with van der Waals surface area (Å²) in [5, 5.41) is 19.0. The van der Waals surface area contributed by atoms with Crippen molar-refractivity contribution in [1.29, 1.82) is 0 Å². The third kappa shape index (κ3) is 3.40. The third-order valence-electron chi connectivity index (χ3n) is 1.51. The van der Waals surface area contributed by atoms with Crippen molar-refractivity contribution in [2.24, 2.45) is 5.92 Å². The number of aliphatic hydroxyl groups is 1. The van der Waals surface area contributed by atoms with Crippen LogP contribution in [0.15, 0.2) is 0 Å². The molecule has 0 aliphatic heterocycles. The van der Waals surface area contributed by atoms with Gasteiger partial charge in [-0.05, 0) is 6.42 Å². The molecule has 0 radical (unpaired) electrons. The molecule has 1 N–H and O–H groups in total. The zero-order valence-electron chi connectivity index (χ0n) is 6.28. The van der Waals surface area contributed by atoms with E-state index >= 15 is 0 Å². The van der Waals surface area contributed by atoms with E-state index in [0.717, 1.165) is 0 Å². The molecule has 0 aliphatic carbocycles. The first-order chi connectivity index (χ1) is 4.57. The molecule has 0 fully saturated rings. The Labute approximate surface area is 60.0 Å². The minimum absolute atomic E-state index is 0.144. The lowest BCUT2D eigenvalue weighted by atomic mass is 10.0. The van der Waals surface area contributed by atoms with Gasteiger partial charge in [-0.25, -0.2) is 0 Å². The zero-order chi connectivity index (χ0) is 8.15. The number of hydrogen-bond donors (Lipinski definition) is 1. The quantitative estimate of drug-likeness (QED) is 0.469. The predicted molar refractivity (Wildman–Crippen MR) is 37.3 cm³/mol. The molecule has 0 saturated carbocycles. The number of rotatable bonds is 4. The van der Waals surface area contributed by atoms with Gasteiger partial charge in [-0.15, -0.1) is 0 Å². The predicted octanol–water partition coefficient (Wildman–Crippen LogP) is 0.670. The number of aliphatic hydroxyl groups excluding tert-OH is 1. The molecule has 4 nitrogen and oxygen atoms in total. The highest BCUT2D eigenvalue weighted by molar-refractivity contribution is 4.60. The average molecular weight is 147 g/mol. The summed E-state index contributed by atoms with van der Waals surface area (Å²) in [5.74, 6) is -0.236. The topological polar surface area (TPSA) is 63.4 Å². The Hall–Kier alpha value is -0.640. The summed E-state index contributed by atoms with van der Waals surface area (Å²) in [6.07, 6.45) is 0.0417. The molecule has 4 heteroatoms. The minimum Gasteiger partial charge on any atom is -0.393 e. The van der Waals surface area contributed by atoms with Crippen LogP contribution in [-0.2, 0) is 0 Å². The van der Waals surface area contributed by atoms with Crippen LogP contribution in [-0.4, -0.2) is 22.7 Å². The van der Waals surface area contributed by atoms with Crippen molar-refractivity contribution < 1.29 is 10.0 Å². The van der Waals surface area contributed by atoms with Crippen molar-refractivity contribution in [1.82, 2.24) is 0 Å². The molecule has 2 atom stereocenters. The standard InChI is InChI=1S/C6H13NO3/c1-3-6(8)5(2)4-7(9)10/h5-6,8H,3-4H2,1-2H3. The molecule has 10 heavy (non-hydrogen) atoms. The van der Waals surface area contributed by atoms with Crippen molar-refractivity contribution in [3.05, 3.63) is 10.1 Å². The van der Waals surface area contributed by atoms with E-state index in [1.807, 2.05) is 0 Å². The fraction of sp³-hybridized carbons (Fsp3) is 1.00. The van der Waals surface area contributed by atoms with E-state index in [4.69, 9.17) is 5.11 Å². The second-order valence-corrected chi connectivity index (χ2v) is 2.47. The summed E-state index contributed by atoms with van der Waals surface area (Å²) in [7, 11) is 0. The van der Waals surface area contributed by atoms with Gasteiger partial charge in [0.2, 0.25) is 6.54 Å². The number of hydrogen-bond acceptors (Lipinski definition) is 3. The minimum atomic E-state index is -0.537. The third-order valence-corrected chi connectivity index (χ3v) is 1.51. The van der Waals surface area contributed by atoms with Crippen LogP contribution >= 0.6 is 0 Å². The van der Waals surface area contributed by atoms with Gasteiger partial charge in [0.05, 0.1) is 6.10 Å². The summed E-state index contributed by atoms with van der Waals surface area (Å²) in [4.78, 5) is 9.53. The highest BCUT2D eigenvalue weighted by atomic mass is 16.6. The maximum absolute atomic E-state index is 9.92. The van der Waals surface area contributed by atoms with Gasteiger partial charge >= 0.3 is 0 Å². The monoisotopic (exact) mass is 147 g/mol. The van der Waals surface area contributed by atoms with Crippen LogP contribution in [0.1, 0.15) is 20.3 Å². The second-order valence-electron chi connectivity index (χ2n) is 2.47. The Morgan fingerprint density at radius 1 is 1.70 bits per heavy atom. The Bertz CT molecular complexity index is 116. The van der Waals surface area contributed by atoms with Crippen molar-refractivity contribution in [2.45, 2.75) is 26.4 Å². The molecule has 0 aromatic carbocycles. The van der Waals surface area contributed by atoms with Crippen LogP contribution in [0, 0.1) is 16.0 Å². The summed E-state index contributed by atoms with van der Waals surface area (Å²) in [6, 6.07) is 0. The molecule has 0 rings (SSSR count). The van der Waals surface area contributed by atoms with E-state index in [2.05, 4.69) is 0 Å². The lowest BCUT2D eigenvalue weighted by molar-refractivity contribution is -0.489. The first-order valence-electron chi connectivity index (χ1n) is 3.37. The van der Waals surface area contributed by atoms with Crippen LogP contribution in [0.2, 0.25) is 0 Å². The number of nitrogens with zero attached hydrogens (tertiary/aromatic N) is 1. The Kier molecular flexibility index (Phi) is 3.95. The van der Waals surface area contributed by atoms with Crippen LogP contribution < -0.4 is 0 Å². The molecule has 60 valence electrons. The summed E-state index contributed by atoms with van der Waals surface area (Å²) < 4.78 is 0. The molecule has 0 aromatic rings. The van der Waals surface area contributed by atoms with Gasteiger partial charge < -0.3 is 5.11 Å². The first-order valence-corrected chi connectivity index (χ1v) is 3.37. The van der Waals surface area contributed by atoms with Crippen LogP contribution in [0.25, 0.3) is 0 Å². The SMILES string of the molecule is CCC(O)C(C)C[N+](=O)[O-]. The van der Waals surface area contributed by atoms with E-state index in [0.29, 0.717) is 6.42 Å².